The lowest BCUT2D eigenvalue weighted by Gasteiger charge is -2.09. The van der Waals surface area contributed by atoms with Gasteiger partial charge in [-0.3, -0.25) is 10.1 Å². The van der Waals surface area contributed by atoms with Crippen LogP contribution in [0.3, 0.4) is 0 Å². The third kappa shape index (κ3) is 3.07. The molecule has 0 amide bonds. The summed E-state index contributed by atoms with van der Waals surface area (Å²) in [6.07, 6.45) is 0. The summed E-state index contributed by atoms with van der Waals surface area (Å²) in [5.41, 5.74) is 0.201. The van der Waals surface area contributed by atoms with E-state index >= 15 is 0 Å². The zero-order valence-electron chi connectivity index (χ0n) is 9.84. The molecule has 0 bridgehead atoms. The Morgan fingerprint density at radius 3 is 2.55 bits per heavy atom. The number of hydrogen-bond acceptors (Lipinski definition) is 4. The Labute approximate surface area is 127 Å². The quantitative estimate of drug-likeness (QED) is 0.593. The van der Waals surface area contributed by atoms with Gasteiger partial charge in [-0.25, -0.2) is 0 Å². The lowest BCUT2D eigenvalue weighted by atomic mass is 10.2. The fourth-order valence-electron chi connectivity index (χ4n) is 1.48. The fraction of sp³-hybridized carbons (Fsp3) is 0. The van der Waals surface area contributed by atoms with Crippen molar-refractivity contribution < 1.29 is 9.66 Å². The Hall–Kier alpha value is -2.10. The van der Waals surface area contributed by atoms with Gasteiger partial charge in [-0.15, -0.1) is 0 Å². The molecular weight excluding hydrogens is 348 g/mol. The summed E-state index contributed by atoms with van der Waals surface area (Å²) in [5, 5.41) is 19.8. The summed E-state index contributed by atoms with van der Waals surface area (Å²) in [4.78, 5) is 10.1. The molecule has 20 heavy (non-hydrogen) atoms. The van der Waals surface area contributed by atoms with E-state index in [1.54, 1.807) is 18.2 Å². The predicted octanol–water partition coefficient (Wildman–Crippen LogP) is 4.67. The van der Waals surface area contributed by atoms with E-state index in [9.17, 15) is 10.1 Å². The van der Waals surface area contributed by atoms with Crippen LogP contribution in [-0.4, -0.2) is 4.92 Å². The van der Waals surface area contributed by atoms with Crippen molar-refractivity contribution in [1.29, 1.82) is 5.26 Å². The van der Waals surface area contributed by atoms with Gasteiger partial charge >= 0.3 is 0 Å². The van der Waals surface area contributed by atoms with Crippen molar-refractivity contribution in [2.75, 3.05) is 0 Å². The van der Waals surface area contributed by atoms with Gasteiger partial charge in [-0.2, -0.15) is 5.26 Å². The molecule has 0 heterocycles. The number of halogens is 2. The van der Waals surface area contributed by atoms with Crippen molar-refractivity contribution in [3.63, 3.8) is 0 Å². The number of non-ortho nitro benzene ring substituents is 1. The van der Waals surface area contributed by atoms with Crippen LogP contribution in [0.5, 0.6) is 11.5 Å². The molecule has 2 rings (SSSR count). The minimum Gasteiger partial charge on any atom is -0.454 e. The van der Waals surface area contributed by atoms with E-state index in [2.05, 4.69) is 15.9 Å². The zero-order valence-corrected chi connectivity index (χ0v) is 12.2. The van der Waals surface area contributed by atoms with E-state index in [1.807, 2.05) is 6.07 Å². The highest BCUT2D eigenvalue weighted by molar-refractivity contribution is 9.10. The summed E-state index contributed by atoms with van der Waals surface area (Å²) in [7, 11) is 0. The molecule has 0 spiro atoms. The Morgan fingerprint density at radius 1 is 1.25 bits per heavy atom. The van der Waals surface area contributed by atoms with Crippen molar-refractivity contribution in [1.82, 2.24) is 0 Å². The molecule has 0 aliphatic carbocycles. The van der Waals surface area contributed by atoms with Crippen molar-refractivity contribution in [2.24, 2.45) is 0 Å². The van der Waals surface area contributed by atoms with Crippen molar-refractivity contribution in [2.45, 2.75) is 0 Å². The number of hydrogen-bond donors (Lipinski definition) is 0. The Morgan fingerprint density at radius 2 is 1.95 bits per heavy atom. The average molecular weight is 354 g/mol. The van der Waals surface area contributed by atoms with E-state index in [1.165, 1.54) is 18.2 Å². The standard InChI is InChI=1S/C13H6BrClN2O3/c14-9-1-3-12(8(5-9)7-16)20-13-4-2-10(17(18)19)6-11(13)15/h1-6H. The maximum absolute atomic E-state index is 10.6. The van der Waals surface area contributed by atoms with Gasteiger partial charge in [0.25, 0.3) is 5.69 Å². The Kier molecular flexibility index (Phi) is 4.23. The molecule has 2 aromatic carbocycles. The first-order valence-electron chi connectivity index (χ1n) is 5.32. The second kappa shape index (κ2) is 5.90. The highest BCUT2D eigenvalue weighted by atomic mass is 79.9. The predicted molar refractivity (Wildman–Crippen MR) is 77.0 cm³/mol. The van der Waals surface area contributed by atoms with Crippen LogP contribution < -0.4 is 4.74 Å². The zero-order chi connectivity index (χ0) is 14.7. The monoisotopic (exact) mass is 352 g/mol. The van der Waals surface area contributed by atoms with Gasteiger partial charge < -0.3 is 4.74 Å². The van der Waals surface area contributed by atoms with Gasteiger partial charge in [0.05, 0.1) is 15.5 Å². The topological polar surface area (TPSA) is 76.2 Å². The van der Waals surface area contributed by atoms with E-state index in [4.69, 9.17) is 21.6 Å². The summed E-state index contributed by atoms with van der Waals surface area (Å²) < 4.78 is 6.27. The molecule has 0 N–H and O–H groups in total. The van der Waals surface area contributed by atoms with Crippen LogP contribution >= 0.6 is 27.5 Å². The van der Waals surface area contributed by atoms with Crippen molar-refractivity contribution in [3.8, 4) is 17.6 Å². The number of nitriles is 1. The molecule has 0 aliphatic rings. The van der Waals surface area contributed by atoms with Crippen LogP contribution in [0.25, 0.3) is 0 Å². The normalized spacial score (nSPS) is 9.85. The van der Waals surface area contributed by atoms with E-state index < -0.39 is 4.92 Å². The first-order chi connectivity index (χ1) is 9.51. The van der Waals surface area contributed by atoms with Gasteiger partial charge in [0.1, 0.15) is 17.6 Å². The Balaban J connectivity index is 2.36. The molecule has 0 unspecified atom stereocenters. The largest absolute Gasteiger partial charge is 0.454 e. The Bertz CT molecular complexity index is 728. The maximum atomic E-state index is 10.6. The average Bonchev–Trinajstić information content (AvgIpc) is 2.42. The van der Waals surface area contributed by atoms with Gasteiger partial charge in [0, 0.05) is 16.6 Å². The fourth-order valence-corrected chi connectivity index (χ4v) is 2.06. The molecule has 0 saturated heterocycles. The summed E-state index contributed by atoms with van der Waals surface area (Å²) >= 11 is 9.18. The first kappa shape index (κ1) is 14.3. The summed E-state index contributed by atoms with van der Waals surface area (Å²) in [6.45, 7) is 0. The second-order valence-electron chi connectivity index (χ2n) is 3.73. The first-order valence-corrected chi connectivity index (χ1v) is 6.50. The lowest BCUT2D eigenvalue weighted by Crippen LogP contribution is -1.91. The number of ether oxygens (including phenoxy) is 1. The number of benzene rings is 2. The molecule has 0 saturated carbocycles. The van der Waals surface area contributed by atoms with Crippen molar-refractivity contribution >= 4 is 33.2 Å². The van der Waals surface area contributed by atoms with E-state index in [0.717, 1.165) is 4.47 Å². The highest BCUT2D eigenvalue weighted by Crippen LogP contribution is 2.34. The molecule has 0 aliphatic heterocycles. The molecular formula is C13H6BrClN2O3. The smallest absolute Gasteiger partial charge is 0.271 e. The summed E-state index contributed by atoms with van der Waals surface area (Å²) in [5.74, 6) is 0.572. The number of nitro groups is 1. The second-order valence-corrected chi connectivity index (χ2v) is 5.05. The van der Waals surface area contributed by atoms with Gasteiger partial charge in [-0.05, 0) is 24.3 Å². The number of nitrogens with zero attached hydrogens (tertiary/aromatic N) is 2. The highest BCUT2D eigenvalue weighted by Gasteiger charge is 2.12. The maximum Gasteiger partial charge on any atom is 0.271 e. The van der Waals surface area contributed by atoms with Gasteiger partial charge in [-0.1, -0.05) is 27.5 Å². The van der Waals surface area contributed by atoms with Crippen LogP contribution in [0.4, 0.5) is 5.69 Å². The molecule has 0 fully saturated rings. The lowest BCUT2D eigenvalue weighted by molar-refractivity contribution is -0.384. The van der Waals surface area contributed by atoms with Crippen LogP contribution in [0.2, 0.25) is 5.02 Å². The van der Waals surface area contributed by atoms with Gasteiger partial charge in [0.2, 0.25) is 0 Å². The molecule has 5 nitrogen and oxygen atoms in total. The van der Waals surface area contributed by atoms with Crippen LogP contribution in [-0.2, 0) is 0 Å². The minimum atomic E-state index is -0.546. The van der Waals surface area contributed by atoms with Gasteiger partial charge in [0.15, 0.2) is 0 Å². The van der Waals surface area contributed by atoms with E-state index in [-0.39, 0.29) is 16.5 Å². The van der Waals surface area contributed by atoms with Crippen LogP contribution in [0.15, 0.2) is 40.9 Å². The third-order valence-electron chi connectivity index (χ3n) is 2.41. The molecule has 0 radical (unpaired) electrons. The molecule has 0 atom stereocenters. The minimum absolute atomic E-state index is 0.103. The molecule has 7 heteroatoms. The SMILES string of the molecule is N#Cc1cc(Br)ccc1Oc1ccc([N+](=O)[O-])cc1Cl. The number of nitro benzene ring substituents is 1. The third-order valence-corrected chi connectivity index (χ3v) is 3.20. The van der Waals surface area contributed by atoms with Crippen LogP contribution in [0, 0.1) is 21.4 Å². The molecule has 0 aromatic heterocycles. The van der Waals surface area contributed by atoms with E-state index in [0.29, 0.717) is 11.3 Å². The van der Waals surface area contributed by atoms with Crippen molar-refractivity contribution in [3.05, 3.63) is 61.6 Å². The molecule has 100 valence electrons. The van der Waals surface area contributed by atoms with Crippen LogP contribution in [0.1, 0.15) is 5.56 Å². The molecule has 2 aromatic rings. The number of rotatable bonds is 3. The summed E-state index contributed by atoms with van der Waals surface area (Å²) in [6, 6.07) is 10.8.